The van der Waals surface area contributed by atoms with Gasteiger partial charge in [0.1, 0.15) is 4.60 Å². The molecule has 0 bridgehead atoms. The van der Waals surface area contributed by atoms with Crippen molar-refractivity contribution in [3.8, 4) is 0 Å². The summed E-state index contributed by atoms with van der Waals surface area (Å²) in [5.41, 5.74) is 0.609. The number of nitrogens with zero attached hydrogens (tertiary/aromatic N) is 1. The van der Waals surface area contributed by atoms with Crippen LogP contribution >= 0.6 is 27.7 Å². The van der Waals surface area contributed by atoms with Gasteiger partial charge in [-0.3, -0.25) is 4.79 Å². The zero-order valence-corrected chi connectivity index (χ0v) is 11.2. The second-order valence-corrected chi connectivity index (χ2v) is 5.63. The van der Waals surface area contributed by atoms with Crippen molar-refractivity contribution in [2.45, 2.75) is 18.9 Å². The number of carbonyl (C=O) groups is 1. The Bertz CT molecular complexity index is 380. The average Bonchev–Trinajstić information content (AvgIpc) is 2.31. The summed E-state index contributed by atoms with van der Waals surface area (Å²) in [4.78, 5) is 16.0. The number of pyridine rings is 1. The predicted octanol–water partition coefficient (Wildman–Crippen LogP) is 2.47. The van der Waals surface area contributed by atoms with E-state index in [1.807, 2.05) is 11.8 Å². The maximum absolute atomic E-state index is 11.9. The summed E-state index contributed by atoms with van der Waals surface area (Å²) in [7, 11) is 0. The van der Waals surface area contributed by atoms with E-state index < -0.39 is 0 Å². The van der Waals surface area contributed by atoms with Crippen molar-refractivity contribution in [1.82, 2.24) is 10.3 Å². The zero-order chi connectivity index (χ0) is 11.4. The maximum atomic E-state index is 11.9. The van der Waals surface area contributed by atoms with Gasteiger partial charge in [0.05, 0.1) is 5.56 Å². The largest absolute Gasteiger partial charge is 0.348 e. The molecule has 1 aromatic rings. The van der Waals surface area contributed by atoms with Crippen LogP contribution < -0.4 is 5.32 Å². The molecule has 2 rings (SSSR count). The predicted molar refractivity (Wildman–Crippen MR) is 69.8 cm³/mol. The van der Waals surface area contributed by atoms with Crippen molar-refractivity contribution in [3.05, 3.63) is 28.5 Å². The van der Waals surface area contributed by atoms with Gasteiger partial charge in [-0.15, -0.1) is 0 Å². The van der Waals surface area contributed by atoms with Crippen molar-refractivity contribution < 1.29 is 4.79 Å². The van der Waals surface area contributed by atoms with E-state index in [4.69, 9.17) is 0 Å². The fourth-order valence-corrected chi connectivity index (χ4v) is 3.18. The lowest BCUT2D eigenvalue weighted by Gasteiger charge is -2.22. The number of hydrogen-bond donors (Lipinski definition) is 1. The van der Waals surface area contributed by atoms with Crippen LogP contribution in [0.5, 0.6) is 0 Å². The molecule has 2 heterocycles. The van der Waals surface area contributed by atoms with Crippen molar-refractivity contribution in [1.29, 1.82) is 0 Å². The van der Waals surface area contributed by atoms with E-state index in [-0.39, 0.29) is 5.91 Å². The highest BCUT2D eigenvalue weighted by atomic mass is 79.9. The Hall–Kier alpha value is -0.550. The number of rotatable bonds is 2. The molecule has 86 valence electrons. The van der Waals surface area contributed by atoms with E-state index in [9.17, 15) is 4.79 Å². The smallest absolute Gasteiger partial charge is 0.254 e. The lowest BCUT2D eigenvalue weighted by atomic mass is 10.1. The van der Waals surface area contributed by atoms with Crippen molar-refractivity contribution in [2.75, 3.05) is 11.5 Å². The molecule has 0 saturated carbocycles. The summed E-state index contributed by atoms with van der Waals surface area (Å²) < 4.78 is 0.607. The van der Waals surface area contributed by atoms with Gasteiger partial charge < -0.3 is 5.32 Å². The average molecular weight is 301 g/mol. The first-order valence-corrected chi connectivity index (χ1v) is 7.21. The first kappa shape index (κ1) is 11.9. The molecule has 1 saturated heterocycles. The van der Waals surface area contributed by atoms with Crippen molar-refractivity contribution in [3.63, 3.8) is 0 Å². The molecule has 1 aromatic heterocycles. The Labute approximate surface area is 108 Å². The van der Waals surface area contributed by atoms with Gasteiger partial charge in [-0.25, -0.2) is 4.98 Å². The van der Waals surface area contributed by atoms with Crippen LogP contribution in [0.2, 0.25) is 0 Å². The molecule has 5 heteroatoms. The third-order valence-corrected chi connectivity index (χ3v) is 4.35. The third-order valence-electron chi connectivity index (χ3n) is 2.50. The first-order chi connectivity index (χ1) is 7.77. The number of aromatic nitrogens is 1. The number of thioether (sulfide) groups is 1. The number of halogens is 1. The van der Waals surface area contributed by atoms with Crippen LogP contribution in [-0.2, 0) is 0 Å². The second-order valence-electron chi connectivity index (χ2n) is 3.73. The monoisotopic (exact) mass is 300 g/mol. The van der Waals surface area contributed by atoms with E-state index in [0.717, 1.165) is 12.2 Å². The van der Waals surface area contributed by atoms with E-state index in [2.05, 4.69) is 26.2 Å². The Morgan fingerprint density at radius 3 is 3.19 bits per heavy atom. The van der Waals surface area contributed by atoms with E-state index in [1.165, 1.54) is 12.2 Å². The van der Waals surface area contributed by atoms with Gasteiger partial charge in [-0.2, -0.15) is 11.8 Å². The quantitative estimate of drug-likeness (QED) is 0.853. The van der Waals surface area contributed by atoms with Crippen molar-refractivity contribution in [2.24, 2.45) is 0 Å². The zero-order valence-electron chi connectivity index (χ0n) is 8.78. The molecule has 1 fully saturated rings. The second kappa shape index (κ2) is 5.68. The van der Waals surface area contributed by atoms with E-state index in [1.54, 1.807) is 18.3 Å². The molecule has 0 spiro atoms. The number of amides is 1. The molecule has 1 atom stereocenters. The van der Waals surface area contributed by atoms with Crippen LogP contribution in [0.15, 0.2) is 22.9 Å². The van der Waals surface area contributed by atoms with E-state index >= 15 is 0 Å². The fourth-order valence-electron chi connectivity index (χ4n) is 1.67. The summed E-state index contributed by atoms with van der Waals surface area (Å²) in [6.07, 6.45) is 3.93. The van der Waals surface area contributed by atoms with Crippen LogP contribution in [0.4, 0.5) is 0 Å². The molecule has 0 aromatic carbocycles. The third kappa shape index (κ3) is 2.98. The highest BCUT2D eigenvalue weighted by molar-refractivity contribution is 9.10. The molecule has 1 amide bonds. The van der Waals surface area contributed by atoms with Gasteiger partial charge in [0.15, 0.2) is 0 Å². The van der Waals surface area contributed by atoms with Crippen LogP contribution in [0.1, 0.15) is 23.2 Å². The minimum absolute atomic E-state index is 0.0347. The van der Waals surface area contributed by atoms with Crippen LogP contribution in [-0.4, -0.2) is 28.4 Å². The molecule has 3 nitrogen and oxygen atoms in total. The highest BCUT2D eigenvalue weighted by Gasteiger charge is 2.18. The Morgan fingerprint density at radius 1 is 1.62 bits per heavy atom. The van der Waals surface area contributed by atoms with Crippen LogP contribution in [0.25, 0.3) is 0 Å². The van der Waals surface area contributed by atoms with Crippen molar-refractivity contribution >= 4 is 33.6 Å². The molecule has 1 aliphatic heterocycles. The molecular formula is C11H13BrN2OS. The minimum atomic E-state index is -0.0347. The van der Waals surface area contributed by atoms with Gasteiger partial charge in [0, 0.05) is 18.0 Å². The van der Waals surface area contributed by atoms with Crippen LogP contribution in [0, 0.1) is 0 Å². The van der Waals surface area contributed by atoms with Gasteiger partial charge in [0.25, 0.3) is 5.91 Å². The Kier molecular flexibility index (Phi) is 4.23. The number of hydrogen-bond acceptors (Lipinski definition) is 3. The Morgan fingerprint density at radius 2 is 2.50 bits per heavy atom. The topological polar surface area (TPSA) is 42.0 Å². The molecule has 1 unspecified atom stereocenters. The Balaban J connectivity index is 2.00. The molecule has 0 aliphatic carbocycles. The van der Waals surface area contributed by atoms with Gasteiger partial charge in [-0.05, 0) is 46.7 Å². The SMILES string of the molecule is O=C(NC1CCCSC1)c1cccnc1Br. The van der Waals surface area contributed by atoms with Gasteiger partial charge in [0.2, 0.25) is 0 Å². The molecule has 0 radical (unpaired) electrons. The van der Waals surface area contributed by atoms with Crippen LogP contribution in [0.3, 0.4) is 0 Å². The summed E-state index contributed by atoms with van der Waals surface area (Å²) in [6.45, 7) is 0. The van der Waals surface area contributed by atoms with Gasteiger partial charge >= 0.3 is 0 Å². The lowest BCUT2D eigenvalue weighted by molar-refractivity contribution is 0.0937. The first-order valence-electron chi connectivity index (χ1n) is 5.26. The summed E-state index contributed by atoms with van der Waals surface area (Å²) in [6, 6.07) is 3.86. The molecule has 16 heavy (non-hydrogen) atoms. The number of carbonyl (C=O) groups excluding carboxylic acids is 1. The molecule has 1 aliphatic rings. The minimum Gasteiger partial charge on any atom is -0.348 e. The normalized spacial score (nSPS) is 20.4. The lowest BCUT2D eigenvalue weighted by Crippen LogP contribution is -2.38. The standard InChI is InChI=1S/C11H13BrN2OS/c12-10-9(4-1-5-13-10)11(15)14-8-3-2-6-16-7-8/h1,4-5,8H,2-3,6-7H2,(H,14,15). The van der Waals surface area contributed by atoms with E-state index in [0.29, 0.717) is 16.2 Å². The highest BCUT2D eigenvalue weighted by Crippen LogP contribution is 2.18. The molecular weight excluding hydrogens is 288 g/mol. The summed E-state index contributed by atoms with van der Waals surface area (Å²) >= 11 is 5.19. The molecule has 1 N–H and O–H groups in total. The summed E-state index contributed by atoms with van der Waals surface area (Å²) in [5.74, 6) is 2.19. The summed E-state index contributed by atoms with van der Waals surface area (Å²) in [5, 5.41) is 3.05. The number of nitrogens with one attached hydrogen (secondary N) is 1. The maximum Gasteiger partial charge on any atom is 0.254 e. The fraction of sp³-hybridized carbons (Fsp3) is 0.455. The van der Waals surface area contributed by atoms with Gasteiger partial charge in [-0.1, -0.05) is 0 Å².